The van der Waals surface area contributed by atoms with Crippen LogP contribution in [0.3, 0.4) is 0 Å². The van der Waals surface area contributed by atoms with Gasteiger partial charge in [0.25, 0.3) is 0 Å². The van der Waals surface area contributed by atoms with E-state index in [4.69, 9.17) is 0 Å². The van der Waals surface area contributed by atoms with Gasteiger partial charge < -0.3 is 5.32 Å². The lowest BCUT2D eigenvalue weighted by Crippen LogP contribution is -2.27. The number of nitrogens with one attached hydrogen (secondary N) is 1. The number of aromatic nitrogens is 2. The number of imidazole rings is 1. The molecular formula is C13H15N3O. The summed E-state index contributed by atoms with van der Waals surface area (Å²) in [6.07, 6.45) is 2.99. The Balaban J connectivity index is 2.32. The van der Waals surface area contributed by atoms with Gasteiger partial charge in [-0.05, 0) is 12.1 Å². The predicted molar refractivity (Wildman–Crippen MR) is 68.9 cm³/mol. The topological polar surface area (TPSA) is 39.0 Å². The van der Waals surface area contributed by atoms with Gasteiger partial charge in [0.05, 0.1) is 11.0 Å². The Morgan fingerprint density at radius 3 is 2.71 bits per heavy atom. The van der Waals surface area contributed by atoms with E-state index in [-0.39, 0.29) is 5.69 Å². The van der Waals surface area contributed by atoms with Crippen molar-refractivity contribution >= 4 is 16.7 Å². The lowest BCUT2D eigenvalue weighted by Gasteiger charge is -2.14. The fourth-order valence-electron chi connectivity index (χ4n) is 2.38. The van der Waals surface area contributed by atoms with Crippen LogP contribution < -0.4 is 11.0 Å². The summed E-state index contributed by atoms with van der Waals surface area (Å²) in [7, 11) is 1.82. The van der Waals surface area contributed by atoms with Gasteiger partial charge in [0.1, 0.15) is 0 Å². The van der Waals surface area contributed by atoms with E-state index in [2.05, 4.69) is 11.4 Å². The second-order valence-corrected chi connectivity index (χ2v) is 4.32. The molecule has 1 aromatic heterocycles. The average molecular weight is 229 g/mol. The molecule has 0 unspecified atom stereocenters. The number of fused-ring (bicyclic) bond motifs is 1. The summed E-state index contributed by atoms with van der Waals surface area (Å²) in [5.74, 6) is 0. The first-order valence-electron chi connectivity index (χ1n) is 5.85. The van der Waals surface area contributed by atoms with Crippen molar-refractivity contribution in [3.8, 4) is 0 Å². The minimum atomic E-state index is 0.0411. The molecule has 0 fully saturated rings. The molecular weight excluding hydrogens is 214 g/mol. The highest BCUT2D eigenvalue weighted by atomic mass is 16.1. The van der Waals surface area contributed by atoms with Gasteiger partial charge >= 0.3 is 5.69 Å². The Hall–Kier alpha value is -1.81. The third-order valence-electron chi connectivity index (χ3n) is 3.29. The Morgan fingerprint density at radius 2 is 2.00 bits per heavy atom. The molecule has 1 aromatic carbocycles. The number of hydrogen-bond acceptors (Lipinski definition) is 2. The molecule has 1 aliphatic rings. The van der Waals surface area contributed by atoms with Crippen molar-refractivity contribution in [2.75, 3.05) is 13.1 Å². The lowest BCUT2D eigenvalue weighted by molar-refractivity contribution is 0.711. The Kier molecular flexibility index (Phi) is 2.37. The molecule has 0 saturated carbocycles. The van der Waals surface area contributed by atoms with Crippen LogP contribution in [0.1, 0.15) is 6.42 Å². The Bertz CT molecular complexity index is 648. The van der Waals surface area contributed by atoms with Crippen molar-refractivity contribution in [1.82, 2.24) is 14.5 Å². The van der Waals surface area contributed by atoms with Crippen LogP contribution >= 0.6 is 0 Å². The monoisotopic (exact) mass is 229 g/mol. The van der Waals surface area contributed by atoms with Crippen molar-refractivity contribution in [1.29, 1.82) is 0 Å². The van der Waals surface area contributed by atoms with Crippen LogP contribution in [0, 0.1) is 0 Å². The molecule has 0 radical (unpaired) electrons. The first-order chi connectivity index (χ1) is 8.29. The molecule has 1 N–H and O–H groups in total. The van der Waals surface area contributed by atoms with E-state index in [0.717, 1.165) is 36.2 Å². The number of benzene rings is 1. The number of aryl methyl sites for hydroxylation is 1. The molecule has 0 bridgehead atoms. The summed E-state index contributed by atoms with van der Waals surface area (Å²) >= 11 is 0. The molecule has 0 spiro atoms. The van der Waals surface area contributed by atoms with Crippen molar-refractivity contribution in [3.63, 3.8) is 0 Å². The largest absolute Gasteiger partial charge is 0.333 e. The van der Waals surface area contributed by atoms with E-state index < -0.39 is 0 Å². The van der Waals surface area contributed by atoms with E-state index in [9.17, 15) is 4.79 Å². The van der Waals surface area contributed by atoms with Crippen LogP contribution in [0.15, 0.2) is 35.1 Å². The van der Waals surface area contributed by atoms with E-state index in [1.807, 2.05) is 35.9 Å². The third-order valence-corrected chi connectivity index (χ3v) is 3.29. The van der Waals surface area contributed by atoms with E-state index in [1.54, 1.807) is 4.57 Å². The average Bonchev–Trinajstić information content (AvgIpc) is 2.64. The summed E-state index contributed by atoms with van der Waals surface area (Å²) in [4.78, 5) is 12.3. The van der Waals surface area contributed by atoms with E-state index >= 15 is 0 Å². The number of rotatable bonds is 1. The molecule has 3 rings (SSSR count). The fourth-order valence-corrected chi connectivity index (χ4v) is 2.38. The Morgan fingerprint density at radius 1 is 1.24 bits per heavy atom. The highest BCUT2D eigenvalue weighted by Gasteiger charge is 2.14. The van der Waals surface area contributed by atoms with Gasteiger partial charge in [-0.3, -0.25) is 9.13 Å². The molecule has 0 atom stereocenters. The van der Waals surface area contributed by atoms with Gasteiger partial charge in [0.2, 0.25) is 0 Å². The summed E-state index contributed by atoms with van der Waals surface area (Å²) in [6.45, 7) is 1.77. The maximum atomic E-state index is 12.3. The molecule has 0 amide bonds. The molecule has 1 aliphatic heterocycles. The van der Waals surface area contributed by atoms with Gasteiger partial charge in [-0.1, -0.05) is 18.2 Å². The highest BCUT2D eigenvalue weighted by Crippen LogP contribution is 2.18. The van der Waals surface area contributed by atoms with Gasteiger partial charge in [-0.2, -0.15) is 0 Å². The second kappa shape index (κ2) is 3.89. The Labute approximate surface area is 99.2 Å². The van der Waals surface area contributed by atoms with Gasteiger partial charge in [-0.15, -0.1) is 0 Å². The molecule has 2 heterocycles. The van der Waals surface area contributed by atoms with Crippen LogP contribution in [0.4, 0.5) is 0 Å². The van der Waals surface area contributed by atoms with Crippen LogP contribution in [0.25, 0.3) is 16.7 Å². The predicted octanol–water partition coefficient (Wildman–Crippen LogP) is 1.17. The van der Waals surface area contributed by atoms with Crippen LogP contribution in [0.2, 0.25) is 0 Å². The van der Waals surface area contributed by atoms with Crippen molar-refractivity contribution < 1.29 is 0 Å². The molecule has 4 heteroatoms. The van der Waals surface area contributed by atoms with Crippen LogP contribution in [-0.2, 0) is 7.05 Å². The first-order valence-corrected chi connectivity index (χ1v) is 5.85. The zero-order valence-corrected chi connectivity index (χ0v) is 9.81. The zero-order valence-electron chi connectivity index (χ0n) is 9.81. The summed E-state index contributed by atoms with van der Waals surface area (Å²) < 4.78 is 3.54. The maximum Gasteiger partial charge on any atom is 0.333 e. The van der Waals surface area contributed by atoms with E-state index in [1.165, 1.54) is 0 Å². The normalized spacial score (nSPS) is 16.2. The van der Waals surface area contributed by atoms with Crippen molar-refractivity contribution in [2.24, 2.45) is 7.05 Å². The quantitative estimate of drug-likeness (QED) is 0.797. The van der Waals surface area contributed by atoms with Crippen molar-refractivity contribution in [3.05, 3.63) is 40.8 Å². The molecule has 0 saturated heterocycles. The molecule has 88 valence electrons. The second-order valence-electron chi connectivity index (χ2n) is 4.32. The standard InChI is InChI=1S/C13H15N3O/c1-15-11-4-2-3-5-12(11)16(13(15)17)10-6-8-14-9-7-10/h2-6,14H,7-9H2,1H3. The zero-order chi connectivity index (χ0) is 11.8. The minimum absolute atomic E-state index is 0.0411. The number of hydrogen-bond donors (Lipinski definition) is 1. The van der Waals surface area contributed by atoms with Crippen molar-refractivity contribution in [2.45, 2.75) is 6.42 Å². The van der Waals surface area contributed by atoms with Gasteiger partial charge in [0.15, 0.2) is 0 Å². The molecule has 0 aliphatic carbocycles. The molecule has 17 heavy (non-hydrogen) atoms. The maximum absolute atomic E-state index is 12.3. The van der Waals surface area contributed by atoms with Crippen LogP contribution in [-0.4, -0.2) is 22.2 Å². The number of para-hydroxylation sites is 2. The summed E-state index contributed by atoms with van der Waals surface area (Å²) in [5, 5.41) is 3.26. The van der Waals surface area contributed by atoms with Crippen LogP contribution in [0.5, 0.6) is 0 Å². The minimum Gasteiger partial charge on any atom is -0.313 e. The SMILES string of the molecule is Cn1c(=O)n(C2=CCNCC2)c2ccccc21. The number of nitrogens with zero attached hydrogens (tertiary/aromatic N) is 2. The van der Waals surface area contributed by atoms with E-state index in [0.29, 0.717) is 0 Å². The summed E-state index contributed by atoms with van der Waals surface area (Å²) in [6, 6.07) is 7.91. The first kappa shape index (κ1) is 10.4. The van der Waals surface area contributed by atoms with Gasteiger partial charge in [-0.25, -0.2) is 4.79 Å². The fraction of sp³-hybridized carbons (Fsp3) is 0.308. The highest BCUT2D eigenvalue weighted by molar-refractivity contribution is 5.79. The molecule has 4 nitrogen and oxygen atoms in total. The lowest BCUT2D eigenvalue weighted by atomic mass is 10.2. The smallest absolute Gasteiger partial charge is 0.313 e. The third kappa shape index (κ3) is 1.52. The van der Waals surface area contributed by atoms with Gasteiger partial charge in [0, 0.05) is 32.3 Å². The summed E-state index contributed by atoms with van der Waals surface area (Å²) in [5.41, 5.74) is 3.12. The molecule has 2 aromatic rings.